The maximum absolute atomic E-state index is 13.2. The summed E-state index contributed by atoms with van der Waals surface area (Å²) < 4.78 is 12.7. The van der Waals surface area contributed by atoms with Gasteiger partial charge in [0.2, 0.25) is 0 Å². The number of amides is 1. The minimum absolute atomic E-state index is 0.451. The summed E-state index contributed by atoms with van der Waals surface area (Å²) in [4.78, 5) is 17.9. The van der Waals surface area contributed by atoms with E-state index in [9.17, 15) is 4.79 Å². The third-order valence-corrected chi connectivity index (χ3v) is 6.62. The van der Waals surface area contributed by atoms with Crippen molar-refractivity contribution in [2.75, 3.05) is 5.32 Å². The fourth-order valence-corrected chi connectivity index (χ4v) is 4.90. The van der Waals surface area contributed by atoms with Gasteiger partial charge in [0.25, 0.3) is 0 Å². The van der Waals surface area contributed by atoms with Crippen molar-refractivity contribution in [3.8, 4) is 22.1 Å². The van der Waals surface area contributed by atoms with Gasteiger partial charge in [0.15, 0.2) is 0 Å². The number of carbonyl (C=O) groups excluding carboxylic acids is 1. The van der Waals surface area contributed by atoms with Crippen LogP contribution in [0.3, 0.4) is 0 Å². The van der Waals surface area contributed by atoms with E-state index in [-0.39, 0.29) is 0 Å². The van der Waals surface area contributed by atoms with Crippen molar-refractivity contribution in [3.63, 3.8) is 0 Å². The van der Waals surface area contributed by atoms with Crippen LogP contribution >= 0.6 is 34.5 Å². The highest BCUT2D eigenvalue weighted by Gasteiger charge is 2.23. The highest BCUT2D eigenvalue weighted by molar-refractivity contribution is 7.21. The number of carbonyl (C=O) groups is 1. The Morgan fingerprint density at radius 2 is 1.49 bits per heavy atom. The van der Waals surface area contributed by atoms with E-state index in [1.165, 1.54) is 11.3 Å². The largest absolute Gasteiger partial charge is 0.446 e. The highest BCUT2D eigenvalue weighted by atomic mass is 35.5. The van der Waals surface area contributed by atoms with E-state index in [0.717, 1.165) is 20.8 Å². The fraction of sp³-hybridized carbons (Fsp3) is 0.0370. The molecule has 8 heteroatoms. The van der Waals surface area contributed by atoms with Crippen LogP contribution in [0.4, 0.5) is 5.69 Å². The summed E-state index contributed by atoms with van der Waals surface area (Å²) in [6.07, 6.45) is -1.20. The van der Waals surface area contributed by atoms with Gasteiger partial charge >= 0.3 is 12.2 Å². The first-order chi connectivity index (χ1) is 17.0. The Morgan fingerprint density at radius 1 is 0.829 bits per heavy atom. The molecule has 4 aromatic carbocycles. The zero-order chi connectivity index (χ0) is 24.2. The average Bonchev–Trinajstić information content (AvgIpc) is 3.28. The van der Waals surface area contributed by atoms with Gasteiger partial charge in [0.1, 0.15) is 16.5 Å². The number of hydrogen-bond acceptors (Lipinski definition) is 5. The third kappa shape index (κ3) is 5.57. The minimum atomic E-state index is -1.20. The molecule has 0 saturated carbocycles. The lowest BCUT2D eigenvalue weighted by atomic mass is 10.2. The number of nitrogens with one attached hydrogen (secondary N) is 1. The number of thiazole rings is 1. The zero-order valence-electron chi connectivity index (χ0n) is 18.2. The predicted molar refractivity (Wildman–Crippen MR) is 142 cm³/mol. The summed E-state index contributed by atoms with van der Waals surface area (Å²) in [5.41, 5.74) is 2.11. The van der Waals surface area contributed by atoms with Crippen LogP contribution in [-0.4, -0.2) is 17.2 Å². The molecular formula is C27H18Cl2N2O3S. The van der Waals surface area contributed by atoms with Gasteiger partial charge in [0, 0.05) is 16.3 Å². The predicted octanol–water partition coefficient (Wildman–Crippen LogP) is 7.69. The number of nitrogens with zero attached hydrogens (tertiary/aromatic N) is 1. The monoisotopic (exact) mass is 520 g/mol. The van der Waals surface area contributed by atoms with Gasteiger partial charge < -0.3 is 14.8 Å². The van der Waals surface area contributed by atoms with Crippen LogP contribution in [0.2, 0.25) is 10.0 Å². The molecule has 0 aliphatic heterocycles. The summed E-state index contributed by atoms with van der Waals surface area (Å²) >= 11 is 13.9. The second-order valence-electron chi connectivity index (χ2n) is 7.51. The smallest absolute Gasteiger partial charge is 0.321 e. The van der Waals surface area contributed by atoms with Crippen LogP contribution in [0.1, 0.15) is 0 Å². The second-order valence-corrected chi connectivity index (χ2v) is 9.38. The van der Waals surface area contributed by atoms with E-state index >= 15 is 0 Å². The molecule has 174 valence electrons. The molecule has 1 N–H and O–H groups in total. The molecule has 35 heavy (non-hydrogen) atoms. The number of fused-ring (bicyclic) bond motifs is 1. The van der Waals surface area contributed by atoms with Gasteiger partial charge in [-0.3, -0.25) is 4.79 Å². The van der Waals surface area contributed by atoms with Crippen molar-refractivity contribution in [3.05, 3.63) is 107 Å². The number of anilines is 1. The Labute approximate surface area is 215 Å². The van der Waals surface area contributed by atoms with Crippen LogP contribution in [0.5, 0.6) is 11.5 Å². The van der Waals surface area contributed by atoms with Gasteiger partial charge in [-0.05, 0) is 60.7 Å². The molecule has 0 aliphatic rings. The fourth-order valence-electron chi connectivity index (χ4n) is 3.36. The van der Waals surface area contributed by atoms with Crippen molar-refractivity contribution in [1.82, 2.24) is 4.98 Å². The normalized spacial score (nSPS) is 10.9. The van der Waals surface area contributed by atoms with Crippen LogP contribution in [-0.2, 0) is 4.79 Å². The number of ether oxygens (including phenoxy) is 2. The van der Waals surface area contributed by atoms with Gasteiger partial charge in [-0.2, -0.15) is 0 Å². The molecule has 0 saturated heterocycles. The number of aromatic nitrogens is 1. The van der Waals surface area contributed by atoms with E-state index in [2.05, 4.69) is 5.32 Å². The maximum atomic E-state index is 13.2. The average molecular weight is 521 g/mol. The van der Waals surface area contributed by atoms with E-state index in [1.807, 2.05) is 54.6 Å². The first kappa shape index (κ1) is 23.2. The van der Waals surface area contributed by atoms with Gasteiger partial charge in [0.05, 0.1) is 15.2 Å². The summed E-state index contributed by atoms with van der Waals surface area (Å²) in [6.45, 7) is 0. The third-order valence-electron chi connectivity index (χ3n) is 5.00. The molecule has 0 unspecified atom stereocenters. The molecule has 5 rings (SSSR count). The standard InChI is InChI=1S/C27H18Cl2N2O3S/c28-17-11-13-21(22(29)15-17)26-31-23-16-18(12-14-24(23)35-26)30-25(32)27(33-19-7-3-1-4-8-19)34-20-9-5-2-6-10-20/h1-16,27H,(H,30,32). The Hall–Kier alpha value is -3.58. The van der Waals surface area contributed by atoms with Crippen LogP contribution in [0.25, 0.3) is 20.8 Å². The topological polar surface area (TPSA) is 60.5 Å². The Morgan fingerprint density at radius 3 is 2.11 bits per heavy atom. The Kier molecular flexibility index (Phi) is 6.86. The van der Waals surface area contributed by atoms with Gasteiger partial charge in [-0.25, -0.2) is 4.98 Å². The lowest BCUT2D eigenvalue weighted by Crippen LogP contribution is -2.38. The second kappa shape index (κ2) is 10.4. The first-order valence-electron chi connectivity index (χ1n) is 10.7. The Bertz CT molecular complexity index is 1430. The molecular weight excluding hydrogens is 503 g/mol. The van der Waals surface area contributed by atoms with Crippen molar-refractivity contribution in [2.24, 2.45) is 0 Å². The van der Waals surface area contributed by atoms with Crippen molar-refractivity contribution in [1.29, 1.82) is 0 Å². The molecule has 0 bridgehead atoms. The number of para-hydroxylation sites is 2. The van der Waals surface area contributed by atoms with E-state index in [4.69, 9.17) is 37.7 Å². The molecule has 0 spiro atoms. The molecule has 0 fully saturated rings. The SMILES string of the molecule is O=C(Nc1ccc2sc(-c3ccc(Cl)cc3Cl)nc2c1)C(Oc1ccccc1)Oc1ccccc1. The summed E-state index contributed by atoms with van der Waals surface area (Å²) in [6, 6.07) is 28.9. The van der Waals surface area contributed by atoms with Gasteiger partial charge in [-0.15, -0.1) is 11.3 Å². The lowest BCUT2D eigenvalue weighted by molar-refractivity contribution is -0.134. The van der Waals surface area contributed by atoms with Crippen LogP contribution in [0, 0.1) is 0 Å². The minimum Gasteiger partial charge on any atom is -0.446 e. The summed E-state index contributed by atoms with van der Waals surface area (Å²) in [5.74, 6) is 0.583. The number of hydrogen-bond donors (Lipinski definition) is 1. The number of rotatable bonds is 7. The molecule has 5 nitrogen and oxygen atoms in total. The van der Waals surface area contributed by atoms with Crippen molar-refractivity contribution >= 4 is 56.3 Å². The molecule has 1 heterocycles. The quantitative estimate of drug-likeness (QED) is 0.223. The van der Waals surface area contributed by atoms with E-state index in [1.54, 1.807) is 42.5 Å². The highest BCUT2D eigenvalue weighted by Crippen LogP contribution is 2.36. The summed E-state index contributed by atoms with van der Waals surface area (Å²) in [5, 5.41) is 4.74. The zero-order valence-corrected chi connectivity index (χ0v) is 20.5. The number of benzene rings is 4. The molecule has 0 atom stereocenters. The Balaban J connectivity index is 1.38. The lowest BCUT2D eigenvalue weighted by Gasteiger charge is -2.20. The maximum Gasteiger partial charge on any atom is 0.321 e. The molecule has 0 aliphatic carbocycles. The summed E-state index contributed by atoms with van der Waals surface area (Å²) in [7, 11) is 0. The van der Waals surface area contributed by atoms with E-state index < -0.39 is 12.2 Å². The molecule has 0 radical (unpaired) electrons. The number of halogens is 2. The van der Waals surface area contributed by atoms with Crippen LogP contribution in [0.15, 0.2) is 97.1 Å². The van der Waals surface area contributed by atoms with Gasteiger partial charge in [-0.1, -0.05) is 59.6 Å². The molecule has 1 aromatic heterocycles. The van der Waals surface area contributed by atoms with E-state index in [0.29, 0.717) is 27.2 Å². The van der Waals surface area contributed by atoms with Crippen molar-refractivity contribution in [2.45, 2.75) is 6.29 Å². The molecule has 5 aromatic rings. The van der Waals surface area contributed by atoms with Crippen molar-refractivity contribution < 1.29 is 14.3 Å². The first-order valence-corrected chi connectivity index (χ1v) is 12.2. The molecule has 1 amide bonds. The van der Waals surface area contributed by atoms with Crippen LogP contribution < -0.4 is 14.8 Å².